The van der Waals surface area contributed by atoms with E-state index in [2.05, 4.69) is 33.9 Å². The Balaban J connectivity index is 2.38. The topological polar surface area (TPSA) is 32.3 Å². The van der Waals surface area contributed by atoms with Gasteiger partial charge in [-0.1, -0.05) is 15.9 Å². The summed E-state index contributed by atoms with van der Waals surface area (Å²) in [5.41, 5.74) is 1.93. The van der Waals surface area contributed by atoms with Gasteiger partial charge < -0.3 is 10.2 Å². The highest BCUT2D eigenvalue weighted by Gasteiger charge is 2.21. The van der Waals surface area contributed by atoms with E-state index in [0.717, 1.165) is 28.1 Å². The molecule has 0 unspecified atom stereocenters. The van der Waals surface area contributed by atoms with E-state index in [1.807, 2.05) is 23.1 Å². The lowest BCUT2D eigenvalue weighted by Crippen LogP contribution is -2.39. The molecule has 1 aromatic carbocycles. The van der Waals surface area contributed by atoms with Gasteiger partial charge in [0.2, 0.25) is 5.91 Å². The van der Waals surface area contributed by atoms with Crippen LogP contribution in [0.4, 0.5) is 11.4 Å². The van der Waals surface area contributed by atoms with Crippen LogP contribution >= 0.6 is 28.6 Å². The first kappa shape index (κ1) is 10.8. The van der Waals surface area contributed by atoms with Gasteiger partial charge in [-0.05, 0) is 18.2 Å². The maximum Gasteiger partial charge on any atom is 0.243 e. The number of benzene rings is 1. The van der Waals surface area contributed by atoms with Crippen LogP contribution in [-0.2, 0) is 4.79 Å². The molecule has 80 valence electrons. The van der Waals surface area contributed by atoms with Gasteiger partial charge in [0.1, 0.15) is 0 Å². The molecule has 1 amide bonds. The fraction of sp³-hybridized carbons (Fsp3) is 0.300. The first-order chi connectivity index (χ1) is 7.20. The Morgan fingerprint density at radius 2 is 2.33 bits per heavy atom. The van der Waals surface area contributed by atoms with Gasteiger partial charge in [0.15, 0.2) is 0 Å². The average Bonchev–Trinajstić information content (AvgIpc) is 2.19. The van der Waals surface area contributed by atoms with Crippen molar-refractivity contribution in [3.8, 4) is 0 Å². The third kappa shape index (κ3) is 2.29. The maximum absolute atomic E-state index is 11.4. The molecule has 15 heavy (non-hydrogen) atoms. The molecule has 2 rings (SSSR count). The van der Waals surface area contributed by atoms with E-state index >= 15 is 0 Å². The molecule has 0 radical (unpaired) electrons. The molecule has 0 atom stereocenters. The summed E-state index contributed by atoms with van der Waals surface area (Å²) < 4.78 is 1.02. The van der Waals surface area contributed by atoms with Crippen molar-refractivity contribution < 1.29 is 4.79 Å². The van der Waals surface area contributed by atoms with E-state index < -0.39 is 0 Å². The number of carbonyl (C=O) groups is 1. The van der Waals surface area contributed by atoms with Crippen LogP contribution in [0.15, 0.2) is 22.7 Å². The lowest BCUT2D eigenvalue weighted by atomic mass is 10.2. The zero-order chi connectivity index (χ0) is 10.8. The van der Waals surface area contributed by atoms with Crippen molar-refractivity contribution in [3.63, 3.8) is 0 Å². The molecule has 0 aromatic heterocycles. The smallest absolute Gasteiger partial charge is 0.243 e. The zero-order valence-corrected chi connectivity index (χ0v) is 10.5. The second kappa shape index (κ2) is 4.45. The van der Waals surface area contributed by atoms with E-state index in [1.54, 1.807) is 0 Å². The number of anilines is 2. The molecule has 0 saturated heterocycles. The predicted molar refractivity (Wildman–Crippen MR) is 68.8 cm³/mol. The summed E-state index contributed by atoms with van der Waals surface area (Å²) in [6, 6.07) is 5.84. The van der Waals surface area contributed by atoms with Crippen LogP contribution in [0.2, 0.25) is 0 Å². The molecular weight excluding hydrogens is 276 g/mol. The first-order valence-corrected chi connectivity index (χ1v) is 6.08. The number of nitrogens with one attached hydrogen (secondary N) is 1. The first-order valence-electron chi connectivity index (χ1n) is 4.66. The Kier molecular flexibility index (Phi) is 3.21. The quantitative estimate of drug-likeness (QED) is 0.817. The predicted octanol–water partition coefficient (Wildman–Crippen LogP) is 2.14. The molecule has 1 N–H and O–H groups in total. The van der Waals surface area contributed by atoms with Crippen molar-refractivity contribution in [2.45, 2.75) is 0 Å². The molecule has 0 aliphatic carbocycles. The standard InChI is InChI=1S/C10H11BrN2OS/c11-7-1-2-8-9(5-7)13(3-4-15)6-10(14)12-8/h1-2,5,15H,3-4,6H2,(H,12,14). The fourth-order valence-corrected chi connectivity index (χ4v) is 2.23. The number of rotatable bonds is 2. The highest BCUT2D eigenvalue weighted by atomic mass is 79.9. The van der Waals surface area contributed by atoms with Crippen molar-refractivity contribution in [1.29, 1.82) is 0 Å². The lowest BCUT2D eigenvalue weighted by molar-refractivity contribution is -0.115. The van der Waals surface area contributed by atoms with Gasteiger partial charge in [-0.25, -0.2) is 0 Å². The normalized spacial score (nSPS) is 14.8. The number of hydrogen-bond acceptors (Lipinski definition) is 3. The summed E-state index contributed by atoms with van der Waals surface area (Å²) in [6.07, 6.45) is 0. The van der Waals surface area contributed by atoms with Gasteiger partial charge in [0.25, 0.3) is 0 Å². The van der Waals surface area contributed by atoms with Crippen LogP contribution in [-0.4, -0.2) is 24.7 Å². The van der Waals surface area contributed by atoms with Crippen LogP contribution in [0.1, 0.15) is 0 Å². The molecule has 1 aliphatic rings. The van der Waals surface area contributed by atoms with E-state index in [4.69, 9.17) is 0 Å². The van der Waals surface area contributed by atoms with Crippen LogP contribution in [0, 0.1) is 0 Å². The van der Waals surface area contributed by atoms with Crippen LogP contribution < -0.4 is 10.2 Å². The maximum atomic E-state index is 11.4. The number of hydrogen-bond donors (Lipinski definition) is 2. The average molecular weight is 287 g/mol. The third-order valence-corrected chi connectivity index (χ3v) is 2.97. The van der Waals surface area contributed by atoms with Gasteiger partial charge >= 0.3 is 0 Å². The SMILES string of the molecule is O=C1CN(CCS)c2cc(Br)ccc2N1. The highest BCUT2D eigenvalue weighted by molar-refractivity contribution is 9.10. The van der Waals surface area contributed by atoms with Crippen molar-refractivity contribution in [3.05, 3.63) is 22.7 Å². The van der Waals surface area contributed by atoms with E-state index in [0.29, 0.717) is 6.54 Å². The zero-order valence-electron chi connectivity index (χ0n) is 8.03. The van der Waals surface area contributed by atoms with E-state index in [-0.39, 0.29) is 5.91 Å². The minimum atomic E-state index is 0.0339. The second-order valence-electron chi connectivity index (χ2n) is 3.35. The summed E-state index contributed by atoms with van der Waals surface area (Å²) in [5, 5.41) is 2.85. The van der Waals surface area contributed by atoms with Gasteiger partial charge in [0.05, 0.1) is 17.9 Å². The number of nitrogens with zero attached hydrogens (tertiary/aromatic N) is 1. The number of carbonyl (C=O) groups excluding carboxylic acids is 1. The summed E-state index contributed by atoms with van der Waals surface area (Å²) in [4.78, 5) is 13.4. The van der Waals surface area contributed by atoms with Crippen LogP contribution in [0.3, 0.4) is 0 Å². The van der Waals surface area contributed by atoms with Crippen molar-refractivity contribution in [2.75, 3.05) is 29.1 Å². The van der Waals surface area contributed by atoms with Crippen molar-refractivity contribution >= 4 is 45.8 Å². The number of fused-ring (bicyclic) bond motifs is 1. The molecule has 0 fully saturated rings. The Hall–Kier alpha value is -0.680. The molecule has 0 saturated carbocycles. The van der Waals surface area contributed by atoms with Gasteiger partial charge in [0, 0.05) is 16.8 Å². The molecule has 1 aliphatic heterocycles. The van der Waals surface area contributed by atoms with E-state index in [1.165, 1.54) is 0 Å². The Bertz CT molecular complexity index is 397. The minimum absolute atomic E-state index is 0.0339. The number of thiol groups is 1. The number of halogens is 1. The molecule has 1 aromatic rings. The Labute approximate surface area is 102 Å². The second-order valence-corrected chi connectivity index (χ2v) is 4.72. The van der Waals surface area contributed by atoms with Gasteiger partial charge in [-0.2, -0.15) is 12.6 Å². The summed E-state index contributed by atoms with van der Waals surface area (Å²) in [5.74, 6) is 0.769. The molecular formula is C10H11BrN2OS. The van der Waals surface area contributed by atoms with Crippen LogP contribution in [0.5, 0.6) is 0 Å². The highest BCUT2D eigenvalue weighted by Crippen LogP contribution is 2.31. The Morgan fingerprint density at radius 1 is 1.53 bits per heavy atom. The summed E-state index contributed by atoms with van der Waals surface area (Å²) in [7, 11) is 0. The third-order valence-electron chi connectivity index (χ3n) is 2.28. The molecule has 1 heterocycles. The largest absolute Gasteiger partial charge is 0.360 e. The molecule has 5 heteroatoms. The van der Waals surface area contributed by atoms with Gasteiger partial charge in [-0.15, -0.1) is 0 Å². The summed E-state index contributed by atoms with van der Waals surface area (Å²) >= 11 is 7.62. The minimum Gasteiger partial charge on any atom is -0.360 e. The Morgan fingerprint density at radius 3 is 3.07 bits per heavy atom. The van der Waals surface area contributed by atoms with Gasteiger partial charge in [-0.3, -0.25) is 4.79 Å². The van der Waals surface area contributed by atoms with Crippen molar-refractivity contribution in [1.82, 2.24) is 0 Å². The molecule has 0 bridgehead atoms. The number of amides is 1. The van der Waals surface area contributed by atoms with E-state index in [9.17, 15) is 4.79 Å². The monoisotopic (exact) mass is 286 g/mol. The summed E-state index contributed by atoms with van der Waals surface area (Å²) in [6.45, 7) is 1.18. The fourth-order valence-electron chi connectivity index (χ4n) is 1.64. The van der Waals surface area contributed by atoms with Crippen molar-refractivity contribution in [2.24, 2.45) is 0 Å². The molecule has 0 spiro atoms. The lowest BCUT2D eigenvalue weighted by Gasteiger charge is -2.30. The molecule has 3 nitrogen and oxygen atoms in total. The van der Waals surface area contributed by atoms with Crippen LogP contribution in [0.25, 0.3) is 0 Å².